The number of carbonyl (C=O) groups is 1. The predicted molar refractivity (Wildman–Crippen MR) is 83.4 cm³/mol. The van der Waals surface area contributed by atoms with Crippen molar-refractivity contribution in [1.82, 2.24) is 5.32 Å². The van der Waals surface area contributed by atoms with Crippen molar-refractivity contribution in [3.63, 3.8) is 0 Å². The highest BCUT2D eigenvalue weighted by molar-refractivity contribution is 9.10. The first-order valence-electron chi connectivity index (χ1n) is 6.54. The average Bonchev–Trinajstić information content (AvgIpc) is 2.46. The first-order valence-corrected chi connectivity index (χ1v) is 7.33. The van der Waals surface area contributed by atoms with Crippen molar-refractivity contribution in [3.8, 4) is 6.07 Å². The second-order valence-corrected chi connectivity index (χ2v) is 5.57. The zero-order valence-electron chi connectivity index (χ0n) is 11.2. The number of nitrogens with zero attached hydrogens (tertiary/aromatic N) is 1. The molecule has 2 aromatic carbocycles. The van der Waals surface area contributed by atoms with Gasteiger partial charge in [0.05, 0.1) is 6.07 Å². The van der Waals surface area contributed by atoms with E-state index in [1.807, 2.05) is 37.3 Å². The summed E-state index contributed by atoms with van der Waals surface area (Å²) in [6.07, 6.45) is 1.53. The Labute approximate surface area is 126 Å². The van der Waals surface area contributed by atoms with Crippen LogP contribution in [0.2, 0.25) is 0 Å². The normalized spacial score (nSPS) is 11.8. The molecule has 1 atom stereocenters. The Hall–Kier alpha value is -1.86. The van der Waals surface area contributed by atoms with Crippen LogP contribution in [0, 0.1) is 11.3 Å². The summed E-state index contributed by atoms with van der Waals surface area (Å²) in [6, 6.07) is 13.1. The third kappa shape index (κ3) is 3.37. The third-order valence-corrected chi connectivity index (χ3v) is 3.60. The van der Waals surface area contributed by atoms with Gasteiger partial charge in [-0.05, 0) is 41.5 Å². The van der Waals surface area contributed by atoms with Crippen molar-refractivity contribution < 1.29 is 4.79 Å². The molecule has 0 aliphatic rings. The predicted octanol–water partition coefficient (Wildman–Crippen LogP) is 4.02. The summed E-state index contributed by atoms with van der Waals surface area (Å²) in [5, 5.41) is 13.8. The van der Waals surface area contributed by atoms with Gasteiger partial charge >= 0.3 is 0 Å². The van der Waals surface area contributed by atoms with E-state index >= 15 is 0 Å². The number of hydrogen-bond acceptors (Lipinski definition) is 2. The van der Waals surface area contributed by atoms with Crippen molar-refractivity contribution in [2.24, 2.45) is 0 Å². The van der Waals surface area contributed by atoms with E-state index in [9.17, 15) is 4.79 Å². The van der Waals surface area contributed by atoms with E-state index in [0.29, 0.717) is 12.0 Å². The topological polar surface area (TPSA) is 52.9 Å². The highest BCUT2D eigenvalue weighted by Gasteiger charge is 2.12. The summed E-state index contributed by atoms with van der Waals surface area (Å²) < 4.78 is 1.01. The fourth-order valence-corrected chi connectivity index (χ4v) is 2.44. The summed E-state index contributed by atoms with van der Waals surface area (Å²) in [7, 11) is 0. The molecule has 0 radical (unpaired) electrons. The van der Waals surface area contributed by atoms with Gasteiger partial charge in [0.15, 0.2) is 0 Å². The largest absolute Gasteiger partial charge is 0.336 e. The molecule has 0 bridgehead atoms. The molecule has 1 amide bonds. The number of nitriles is 1. The lowest BCUT2D eigenvalue weighted by Crippen LogP contribution is -2.33. The van der Waals surface area contributed by atoms with E-state index < -0.39 is 6.04 Å². The van der Waals surface area contributed by atoms with Crippen LogP contribution in [0.4, 0.5) is 0 Å². The Morgan fingerprint density at radius 2 is 2.00 bits per heavy atom. The second-order valence-electron chi connectivity index (χ2n) is 4.65. The Kier molecular flexibility index (Phi) is 4.75. The van der Waals surface area contributed by atoms with Gasteiger partial charge in [0, 0.05) is 10.0 Å². The number of hydrogen-bond donors (Lipinski definition) is 1. The first-order chi connectivity index (χ1) is 9.63. The maximum atomic E-state index is 12.1. The van der Waals surface area contributed by atoms with E-state index in [0.717, 1.165) is 21.7 Å². The number of carbonyl (C=O) groups excluding carboxylic acids is 1. The summed E-state index contributed by atoms with van der Waals surface area (Å²) >= 11 is 3.42. The van der Waals surface area contributed by atoms with Crippen molar-refractivity contribution >= 4 is 32.6 Å². The number of rotatable bonds is 4. The summed E-state index contributed by atoms with van der Waals surface area (Å²) in [6.45, 7) is 1.99. The number of halogens is 1. The van der Waals surface area contributed by atoms with Gasteiger partial charge in [0.1, 0.15) is 6.04 Å². The lowest BCUT2D eigenvalue weighted by atomic mass is 10.1. The fraction of sp³-hybridized carbons (Fsp3) is 0.250. The second kappa shape index (κ2) is 6.53. The van der Waals surface area contributed by atoms with Crippen LogP contribution in [0.1, 0.15) is 30.1 Å². The van der Waals surface area contributed by atoms with Crippen LogP contribution in [-0.2, 0) is 0 Å². The van der Waals surface area contributed by atoms with Crippen LogP contribution in [0.3, 0.4) is 0 Å². The molecule has 0 saturated heterocycles. The maximum Gasteiger partial charge on any atom is 0.252 e. The van der Waals surface area contributed by atoms with Crippen LogP contribution >= 0.6 is 15.9 Å². The standard InChI is InChI=1S/C16H15BrN2O/c1-2-3-15(10-18)19-16(20)13-5-4-12-9-14(17)7-6-11(12)8-13/h4-9,15H,2-3H2,1H3,(H,19,20). The zero-order valence-corrected chi connectivity index (χ0v) is 12.8. The fourth-order valence-electron chi connectivity index (χ4n) is 2.06. The number of benzene rings is 2. The molecule has 20 heavy (non-hydrogen) atoms. The molecule has 0 heterocycles. The van der Waals surface area contributed by atoms with Gasteiger partial charge in [-0.25, -0.2) is 0 Å². The minimum absolute atomic E-state index is 0.199. The van der Waals surface area contributed by atoms with Crippen molar-refractivity contribution in [2.45, 2.75) is 25.8 Å². The smallest absolute Gasteiger partial charge is 0.252 e. The molecular weight excluding hydrogens is 316 g/mol. The van der Waals surface area contributed by atoms with Crippen molar-refractivity contribution in [2.75, 3.05) is 0 Å². The molecule has 2 rings (SSSR count). The Morgan fingerprint density at radius 1 is 1.30 bits per heavy atom. The number of fused-ring (bicyclic) bond motifs is 1. The molecule has 0 aromatic heterocycles. The van der Waals surface area contributed by atoms with Gasteiger partial charge in [-0.15, -0.1) is 0 Å². The first kappa shape index (κ1) is 14.5. The molecule has 0 saturated carbocycles. The Morgan fingerprint density at radius 3 is 2.70 bits per heavy atom. The lowest BCUT2D eigenvalue weighted by Gasteiger charge is -2.11. The van der Waals surface area contributed by atoms with E-state index in [1.165, 1.54) is 0 Å². The molecule has 0 fully saturated rings. The molecule has 2 aromatic rings. The number of amides is 1. The SMILES string of the molecule is CCCC(C#N)NC(=O)c1ccc2cc(Br)ccc2c1. The zero-order chi connectivity index (χ0) is 14.5. The van der Waals surface area contributed by atoms with Gasteiger partial charge in [0.2, 0.25) is 0 Å². The molecule has 1 N–H and O–H groups in total. The summed E-state index contributed by atoms with van der Waals surface area (Å²) in [5.74, 6) is -0.199. The highest BCUT2D eigenvalue weighted by atomic mass is 79.9. The minimum atomic E-state index is -0.423. The molecule has 0 aliphatic heterocycles. The maximum absolute atomic E-state index is 12.1. The molecule has 102 valence electrons. The van der Waals surface area contributed by atoms with E-state index in [4.69, 9.17) is 5.26 Å². The van der Waals surface area contributed by atoms with Gasteiger partial charge < -0.3 is 5.32 Å². The summed E-state index contributed by atoms with van der Waals surface area (Å²) in [4.78, 5) is 12.1. The highest BCUT2D eigenvalue weighted by Crippen LogP contribution is 2.21. The van der Waals surface area contributed by atoms with Gasteiger partial charge in [0.25, 0.3) is 5.91 Å². The average molecular weight is 331 g/mol. The molecule has 3 nitrogen and oxygen atoms in total. The van der Waals surface area contributed by atoms with Gasteiger partial charge in [-0.2, -0.15) is 5.26 Å². The Bertz CT molecular complexity index is 676. The van der Waals surface area contributed by atoms with Gasteiger partial charge in [-0.3, -0.25) is 4.79 Å². The third-order valence-electron chi connectivity index (χ3n) is 3.10. The molecule has 1 unspecified atom stereocenters. The lowest BCUT2D eigenvalue weighted by molar-refractivity contribution is 0.0944. The van der Waals surface area contributed by atoms with E-state index in [-0.39, 0.29) is 5.91 Å². The number of nitrogens with one attached hydrogen (secondary N) is 1. The van der Waals surface area contributed by atoms with Crippen LogP contribution < -0.4 is 5.32 Å². The molecule has 4 heteroatoms. The Balaban J connectivity index is 2.22. The van der Waals surface area contributed by atoms with E-state index in [2.05, 4.69) is 27.3 Å². The molecular formula is C16H15BrN2O. The molecule has 0 spiro atoms. The minimum Gasteiger partial charge on any atom is -0.336 e. The van der Waals surface area contributed by atoms with Gasteiger partial charge in [-0.1, -0.05) is 41.4 Å². The van der Waals surface area contributed by atoms with Crippen molar-refractivity contribution in [3.05, 3.63) is 46.4 Å². The quantitative estimate of drug-likeness (QED) is 0.920. The summed E-state index contributed by atoms with van der Waals surface area (Å²) in [5.41, 5.74) is 0.580. The molecule has 0 aliphatic carbocycles. The van der Waals surface area contributed by atoms with Crippen LogP contribution in [-0.4, -0.2) is 11.9 Å². The van der Waals surface area contributed by atoms with Crippen LogP contribution in [0.5, 0.6) is 0 Å². The van der Waals surface area contributed by atoms with Crippen molar-refractivity contribution in [1.29, 1.82) is 5.26 Å². The monoisotopic (exact) mass is 330 g/mol. The van der Waals surface area contributed by atoms with Crippen LogP contribution in [0.25, 0.3) is 10.8 Å². The van der Waals surface area contributed by atoms with Crippen LogP contribution in [0.15, 0.2) is 40.9 Å². The van der Waals surface area contributed by atoms with E-state index in [1.54, 1.807) is 6.07 Å².